The third-order valence-electron chi connectivity index (χ3n) is 2.99. The number of aromatic nitrogens is 2. The molecular weight excluding hydrogens is 293 g/mol. The second-order valence-electron chi connectivity index (χ2n) is 4.55. The Morgan fingerprint density at radius 2 is 1.90 bits per heavy atom. The Morgan fingerprint density at radius 3 is 2.67 bits per heavy atom. The molecule has 2 N–H and O–H groups in total. The maximum Gasteiger partial charge on any atom is 0.260 e. The molecule has 6 heteroatoms. The maximum absolute atomic E-state index is 12.9. The van der Waals surface area contributed by atoms with Gasteiger partial charge in [-0.05, 0) is 35.9 Å². The van der Waals surface area contributed by atoms with Crippen molar-refractivity contribution in [3.05, 3.63) is 64.7 Å². The number of halogens is 2. The van der Waals surface area contributed by atoms with Crippen molar-refractivity contribution in [2.24, 2.45) is 0 Å². The molecule has 3 aromatic rings. The fourth-order valence-electron chi connectivity index (χ4n) is 1.93. The van der Waals surface area contributed by atoms with E-state index in [1.807, 2.05) is 0 Å². The molecule has 0 amide bonds. The molecule has 0 aliphatic carbocycles. The van der Waals surface area contributed by atoms with Gasteiger partial charge in [-0.3, -0.25) is 0 Å². The summed E-state index contributed by atoms with van der Waals surface area (Å²) in [6.45, 7) is 0. The highest BCUT2D eigenvalue weighted by molar-refractivity contribution is 6.31. The number of rotatable bonds is 3. The van der Waals surface area contributed by atoms with Gasteiger partial charge < -0.3 is 10.3 Å². The Balaban J connectivity index is 1.86. The van der Waals surface area contributed by atoms with Gasteiger partial charge in [0.15, 0.2) is 5.82 Å². The van der Waals surface area contributed by atoms with E-state index in [1.54, 1.807) is 30.3 Å². The summed E-state index contributed by atoms with van der Waals surface area (Å²) >= 11 is 5.94. The Kier molecular flexibility index (Phi) is 3.58. The SMILES string of the molecule is Nc1ccc(Cl)cc1-c1nc(Cc2ccc(F)cc2)no1. The number of nitrogen functional groups attached to an aromatic ring is 1. The molecule has 0 fully saturated rings. The van der Waals surface area contributed by atoms with Gasteiger partial charge in [-0.25, -0.2) is 4.39 Å². The van der Waals surface area contributed by atoms with Gasteiger partial charge in [0, 0.05) is 17.1 Å². The minimum Gasteiger partial charge on any atom is -0.398 e. The number of anilines is 1. The predicted octanol–water partition coefficient (Wildman–Crippen LogP) is 3.70. The zero-order valence-electron chi connectivity index (χ0n) is 10.9. The standard InChI is InChI=1S/C15H11ClFN3O/c16-10-3-6-13(18)12(8-10)15-19-14(20-21-15)7-9-1-4-11(17)5-2-9/h1-6,8H,7,18H2. The maximum atomic E-state index is 12.9. The van der Waals surface area contributed by atoms with Crippen molar-refractivity contribution in [2.45, 2.75) is 6.42 Å². The van der Waals surface area contributed by atoms with Crippen LogP contribution in [0, 0.1) is 5.82 Å². The van der Waals surface area contributed by atoms with E-state index in [0.717, 1.165) is 5.56 Å². The highest BCUT2D eigenvalue weighted by atomic mass is 35.5. The fourth-order valence-corrected chi connectivity index (χ4v) is 2.11. The van der Waals surface area contributed by atoms with Gasteiger partial charge in [0.1, 0.15) is 5.82 Å². The first-order valence-electron chi connectivity index (χ1n) is 6.24. The molecule has 1 heterocycles. The molecule has 0 unspecified atom stereocenters. The van der Waals surface area contributed by atoms with E-state index in [0.29, 0.717) is 34.4 Å². The van der Waals surface area contributed by atoms with Crippen LogP contribution in [0.4, 0.5) is 10.1 Å². The molecule has 0 aliphatic rings. The van der Waals surface area contributed by atoms with Gasteiger partial charge in [-0.15, -0.1) is 0 Å². The summed E-state index contributed by atoms with van der Waals surface area (Å²) in [6.07, 6.45) is 0.449. The Labute approximate surface area is 125 Å². The third-order valence-corrected chi connectivity index (χ3v) is 3.22. The second-order valence-corrected chi connectivity index (χ2v) is 4.99. The lowest BCUT2D eigenvalue weighted by Gasteiger charge is -2.00. The van der Waals surface area contributed by atoms with Crippen LogP contribution in [0.1, 0.15) is 11.4 Å². The molecule has 0 saturated carbocycles. The van der Waals surface area contributed by atoms with Crippen LogP contribution in [0.25, 0.3) is 11.5 Å². The molecule has 106 valence electrons. The lowest BCUT2D eigenvalue weighted by atomic mass is 10.1. The molecule has 3 rings (SSSR count). The Morgan fingerprint density at radius 1 is 1.14 bits per heavy atom. The van der Waals surface area contributed by atoms with Crippen molar-refractivity contribution >= 4 is 17.3 Å². The molecule has 4 nitrogen and oxygen atoms in total. The van der Waals surface area contributed by atoms with Gasteiger partial charge in [0.25, 0.3) is 5.89 Å². The van der Waals surface area contributed by atoms with Crippen molar-refractivity contribution in [3.8, 4) is 11.5 Å². The van der Waals surface area contributed by atoms with Crippen molar-refractivity contribution in [1.82, 2.24) is 10.1 Å². The molecule has 1 aromatic heterocycles. The van der Waals surface area contributed by atoms with Crippen LogP contribution in [0.2, 0.25) is 5.02 Å². The van der Waals surface area contributed by atoms with Gasteiger partial charge in [-0.1, -0.05) is 28.9 Å². The normalized spacial score (nSPS) is 10.8. The first-order valence-corrected chi connectivity index (χ1v) is 6.62. The van der Waals surface area contributed by atoms with E-state index < -0.39 is 0 Å². The number of hydrogen-bond donors (Lipinski definition) is 1. The highest BCUT2D eigenvalue weighted by Gasteiger charge is 2.12. The van der Waals surface area contributed by atoms with Crippen molar-refractivity contribution in [2.75, 3.05) is 5.73 Å². The van der Waals surface area contributed by atoms with Crippen LogP contribution >= 0.6 is 11.6 Å². The predicted molar refractivity (Wildman–Crippen MR) is 78.4 cm³/mol. The molecule has 21 heavy (non-hydrogen) atoms. The van der Waals surface area contributed by atoms with Crippen molar-refractivity contribution in [3.63, 3.8) is 0 Å². The molecule has 0 radical (unpaired) electrons. The lowest BCUT2D eigenvalue weighted by Crippen LogP contribution is -1.92. The summed E-state index contributed by atoms with van der Waals surface area (Å²) in [4.78, 5) is 4.29. The van der Waals surface area contributed by atoms with E-state index >= 15 is 0 Å². The molecular formula is C15H11ClFN3O. The van der Waals surface area contributed by atoms with Gasteiger partial charge in [-0.2, -0.15) is 4.98 Å². The van der Waals surface area contributed by atoms with Crippen molar-refractivity contribution in [1.29, 1.82) is 0 Å². The molecule has 0 spiro atoms. The van der Waals surface area contributed by atoms with Gasteiger partial charge >= 0.3 is 0 Å². The van der Waals surface area contributed by atoms with Crippen LogP contribution < -0.4 is 5.73 Å². The topological polar surface area (TPSA) is 64.9 Å². The summed E-state index contributed by atoms with van der Waals surface area (Å²) in [5, 5.41) is 4.44. The summed E-state index contributed by atoms with van der Waals surface area (Å²) in [5.41, 5.74) is 7.87. The number of nitrogens with zero attached hydrogens (tertiary/aromatic N) is 2. The Bertz CT molecular complexity index is 771. The van der Waals surface area contributed by atoms with E-state index in [4.69, 9.17) is 21.9 Å². The second kappa shape index (κ2) is 5.54. The number of hydrogen-bond acceptors (Lipinski definition) is 4. The van der Waals surface area contributed by atoms with Crippen LogP contribution in [-0.2, 0) is 6.42 Å². The molecule has 0 aliphatic heterocycles. The lowest BCUT2D eigenvalue weighted by molar-refractivity contribution is 0.424. The minimum absolute atomic E-state index is 0.278. The Hall–Kier alpha value is -2.40. The first-order chi connectivity index (χ1) is 10.1. The van der Waals surface area contributed by atoms with E-state index in [2.05, 4.69) is 10.1 Å². The van der Waals surface area contributed by atoms with Crippen LogP contribution in [0.15, 0.2) is 47.0 Å². The van der Waals surface area contributed by atoms with Crippen LogP contribution in [-0.4, -0.2) is 10.1 Å². The third kappa shape index (κ3) is 3.03. The fraction of sp³-hybridized carbons (Fsp3) is 0.0667. The molecule has 0 bridgehead atoms. The first kappa shape index (κ1) is 13.6. The zero-order valence-corrected chi connectivity index (χ0v) is 11.6. The van der Waals surface area contributed by atoms with Crippen molar-refractivity contribution < 1.29 is 8.91 Å². The average molecular weight is 304 g/mol. The van der Waals surface area contributed by atoms with E-state index in [-0.39, 0.29) is 5.82 Å². The molecule has 0 saturated heterocycles. The quantitative estimate of drug-likeness (QED) is 0.749. The number of benzene rings is 2. The van der Waals surface area contributed by atoms with E-state index in [1.165, 1.54) is 12.1 Å². The van der Waals surface area contributed by atoms with Crippen LogP contribution in [0.5, 0.6) is 0 Å². The summed E-state index contributed by atoms with van der Waals surface area (Å²) < 4.78 is 18.1. The average Bonchev–Trinajstić information content (AvgIpc) is 2.92. The summed E-state index contributed by atoms with van der Waals surface area (Å²) in [6, 6.07) is 11.2. The highest BCUT2D eigenvalue weighted by Crippen LogP contribution is 2.27. The number of nitrogens with two attached hydrogens (primary N) is 1. The molecule has 2 aromatic carbocycles. The van der Waals surface area contributed by atoms with Crippen LogP contribution in [0.3, 0.4) is 0 Å². The van der Waals surface area contributed by atoms with E-state index in [9.17, 15) is 4.39 Å². The van der Waals surface area contributed by atoms with Gasteiger partial charge in [0.05, 0.1) is 5.56 Å². The summed E-state index contributed by atoms with van der Waals surface area (Å²) in [5.74, 6) is 0.530. The minimum atomic E-state index is -0.278. The monoisotopic (exact) mass is 303 g/mol. The smallest absolute Gasteiger partial charge is 0.260 e. The molecule has 0 atom stereocenters. The van der Waals surface area contributed by atoms with Gasteiger partial charge in [0.2, 0.25) is 0 Å². The largest absolute Gasteiger partial charge is 0.398 e. The summed E-state index contributed by atoms with van der Waals surface area (Å²) in [7, 11) is 0. The zero-order chi connectivity index (χ0) is 14.8.